The lowest BCUT2D eigenvalue weighted by Crippen LogP contribution is -2.26. The Morgan fingerprint density at radius 3 is 2.67 bits per heavy atom. The minimum atomic E-state index is -0.966. The summed E-state index contributed by atoms with van der Waals surface area (Å²) in [6, 6.07) is 4.98. The zero-order valence-electron chi connectivity index (χ0n) is 12.1. The number of hydrogen-bond donors (Lipinski definition) is 2. The predicted octanol–water partition coefficient (Wildman–Crippen LogP) is 3.17. The Hall–Kier alpha value is -2.04. The molecule has 1 aromatic heterocycles. The summed E-state index contributed by atoms with van der Waals surface area (Å²) >= 11 is 0. The smallest absolute Gasteiger partial charge is 0.335 e. The molecule has 3 rings (SSSR count). The van der Waals surface area contributed by atoms with E-state index in [1.54, 1.807) is 16.7 Å². The molecule has 5 nitrogen and oxygen atoms in total. The van der Waals surface area contributed by atoms with E-state index in [0.717, 1.165) is 31.6 Å². The molecule has 2 aromatic rings. The molecule has 112 valence electrons. The molecule has 0 amide bonds. The molecule has 21 heavy (non-hydrogen) atoms. The molecule has 1 aromatic carbocycles. The third kappa shape index (κ3) is 2.48. The molecule has 0 saturated heterocycles. The average Bonchev–Trinajstić information content (AvgIpc) is 2.82. The van der Waals surface area contributed by atoms with E-state index in [9.17, 15) is 9.59 Å². The second-order valence-electron chi connectivity index (χ2n) is 5.92. The van der Waals surface area contributed by atoms with Gasteiger partial charge in [-0.25, -0.2) is 9.59 Å². The zero-order chi connectivity index (χ0) is 15.0. The maximum Gasteiger partial charge on any atom is 0.335 e. The van der Waals surface area contributed by atoms with Crippen molar-refractivity contribution >= 4 is 17.0 Å². The number of nitrogens with one attached hydrogen (secondary N) is 1. The van der Waals surface area contributed by atoms with Crippen molar-refractivity contribution in [3.63, 3.8) is 0 Å². The van der Waals surface area contributed by atoms with Crippen molar-refractivity contribution in [2.75, 3.05) is 0 Å². The van der Waals surface area contributed by atoms with Crippen LogP contribution in [0.1, 0.15) is 55.4 Å². The van der Waals surface area contributed by atoms with Crippen molar-refractivity contribution in [1.82, 2.24) is 9.55 Å². The first kappa shape index (κ1) is 13.9. The highest BCUT2D eigenvalue weighted by Crippen LogP contribution is 2.34. The number of nitrogens with zero attached hydrogens (tertiary/aromatic N) is 1. The van der Waals surface area contributed by atoms with Gasteiger partial charge >= 0.3 is 11.7 Å². The molecule has 0 spiro atoms. The van der Waals surface area contributed by atoms with Gasteiger partial charge in [0.05, 0.1) is 16.6 Å². The van der Waals surface area contributed by atoms with Crippen LogP contribution < -0.4 is 5.69 Å². The summed E-state index contributed by atoms with van der Waals surface area (Å²) in [5.74, 6) is -0.205. The van der Waals surface area contributed by atoms with Crippen molar-refractivity contribution in [3.8, 4) is 0 Å². The van der Waals surface area contributed by atoms with Gasteiger partial charge in [0.25, 0.3) is 0 Å². The minimum absolute atomic E-state index is 0.132. The highest BCUT2D eigenvalue weighted by Gasteiger charge is 2.24. The molecule has 0 unspecified atom stereocenters. The number of rotatable bonds is 3. The van der Waals surface area contributed by atoms with Crippen molar-refractivity contribution in [2.24, 2.45) is 5.92 Å². The molecule has 2 N–H and O–H groups in total. The zero-order valence-corrected chi connectivity index (χ0v) is 12.1. The molecular formula is C16H20N2O3. The fourth-order valence-electron chi connectivity index (χ4n) is 3.43. The fourth-order valence-corrected chi connectivity index (χ4v) is 3.43. The van der Waals surface area contributed by atoms with Crippen molar-refractivity contribution < 1.29 is 9.90 Å². The molecule has 1 aliphatic rings. The third-order valence-corrected chi connectivity index (χ3v) is 4.72. The Labute approximate surface area is 122 Å². The van der Waals surface area contributed by atoms with Crippen LogP contribution in [0.3, 0.4) is 0 Å². The van der Waals surface area contributed by atoms with E-state index in [-0.39, 0.29) is 17.3 Å². The number of imidazole rings is 1. The molecule has 1 fully saturated rings. The van der Waals surface area contributed by atoms with E-state index < -0.39 is 5.97 Å². The SMILES string of the molecule is CCC1CCC(n2c(=O)[nH]c3ccc(C(=O)O)cc32)CC1. The number of aromatic nitrogens is 2. The fraction of sp³-hybridized carbons (Fsp3) is 0.500. The molecule has 1 aliphatic carbocycles. The summed E-state index contributed by atoms with van der Waals surface area (Å²) in [7, 11) is 0. The quantitative estimate of drug-likeness (QED) is 0.911. The van der Waals surface area contributed by atoms with E-state index in [4.69, 9.17) is 5.11 Å². The first-order valence-corrected chi connectivity index (χ1v) is 7.57. The Morgan fingerprint density at radius 1 is 1.33 bits per heavy atom. The van der Waals surface area contributed by atoms with Crippen molar-refractivity contribution in [3.05, 3.63) is 34.2 Å². The van der Waals surface area contributed by atoms with Crippen LogP contribution in [0.15, 0.2) is 23.0 Å². The largest absolute Gasteiger partial charge is 0.478 e. The van der Waals surface area contributed by atoms with Crippen molar-refractivity contribution in [2.45, 2.75) is 45.1 Å². The van der Waals surface area contributed by atoms with E-state index in [0.29, 0.717) is 11.0 Å². The molecular weight excluding hydrogens is 268 g/mol. The molecule has 0 atom stereocenters. The maximum absolute atomic E-state index is 12.2. The van der Waals surface area contributed by atoms with Gasteiger partial charge in [0.1, 0.15) is 0 Å². The summed E-state index contributed by atoms with van der Waals surface area (Å²) in [5, 5.41) is 9.12. The van der Waals surface area contributed by atoms with Gasteiger partial charge in [0.15, 0.2) is 0 Å². The normalized spacial score (nSPS) is 22.5. The van der Waals surface area contributed by atoms with Gasteiger partial charge in [-0.3, -0.25) is 4.57 Å². The van der Waals surface area contributed by atoms with E-state index in [1.807, 2.05) is 0 Å². The third-order valence-electron chi connectivity index (χ3n) is 4.72. The van der Waals surface area contributed by atoms with Gasteiger partial charge in [-0.1, -0.05) is 13.3 Å². The van der Waals surface area contributed by atoms with E-state index >= 15 is 0 Å². The topological polar surface area (TPSA) is 75.1 Å². The summed E-state index contributed by atoms with van der Waals surface area (Å²) in [6.45, 7) is 2.21. The van der Waals surface area contributed by atoms with Crippen LogP contribution in [0, 0.1) is 5.92 Å². The first-order valence-electron chi connectivity index (χ1n) is 7.57. The number of carboxylic acid groups (broad SMARTS) is 1. The van der Waals surface area contributed by atoms with Crippen LogP contribution in [0.5, 0.6) is 0 Å². The minimum Gasteiger partial charge on any atom is -0.478 e. The van der Waals surface area contributed by atoms with Crippen LogP contribution >= 0.6 is 0 Å². The number of carbonyl (C=O) groups is 1. The molecule has 0 bridgehead atoms. The van der Waals surface area contributed by atoms with Crippen LogP contribution in [0.4, 0.5) is 0 Å². The Balaban J connectivity index is 2.01. The lowest BCUT2D eigenvalue weighted by atomic mass is 9.84. The summed E-state index contributed by atoms with van der Waals surface area (Å²) in [5.41, 5.74) is 1.51. The second kappa shape index (κ2) is 5.39. The lowest BCUT2D eigenvalue weighted by molar-refractivity contribution is 0.0697. The Kier molecular flexibility index (Phi) is 3.57. The summed E-state index contributed by atoms with van der Waals surface area (Å²) in [6.07, 6.45) is 5.45. The lowest BCUT2D eigenvalue weighted by Gasteiger charge is -2.28. The molecule has 0 aliphatic heterocycles. The average molecular weight is 288 g/mol. The standard InChI is InChI=1S/C16H20N2O3/c1-2-10-3-6-12(7-4-10)18-14-9-11(15(19)20)5-8-13(14)17-16(18)21/h5,8-10,12H,2-4,6-7H2,1H3,(H,17,21)(H,19,20). The Morgan fingerprint density at radius 2 is 2.05 bits per heavy atom. The number of fused-ring (bicyclic) bond motifs is 1. The van der Waals surface area contributed by atoms with Crippen LogP contribution in [-0.4, -0.2) is 20.6 Å². The number of aromatic carboxylic acids is 1. The summed E-state index contributed by atoms with van der Waals surface area (Å²) in [4.78, 5) is 26.2. The van der Waals surface area contributed by atoms with Crippen LogP contribution in [0.25, 0.3) is 11.0 Å². The van der Waals surface area contributed by atoms with Gasteiger partial charge in [0, 0.05) is 6.04 Å². The van der Waals surface area contributed by atoms with E-state index in [1.165, 1.54) is 12.5 Å². The monoisotopic (exact) mass is 288 g/mol. The number of aromatic amines is 1. The van der Waals surface area contributed by atoms with Gasteiger partial charge < -0.3 is 10.1 Å². The highest BCUT2D eigenvalue weighted by molar-refractivity contribution is 5.92. The summed E-state index contributed by atoms with van der Waals surface area (Å²) < 4.78 is 1.76. The van der Waals surface area contributed by atoms with Gasteiger partial charge in [-0.2, -0.15) is 0 Å². The highest BCUT2D eigenvalue weighted by atomic mass is 16.4. The maximum atomic E-state index is 12.2. The van der Waals surface area contributed by atoms with Gasteiger partial charge in [0.2, 0.25) is 0 Å². The first-order chi connectivity index (χ1) is 10.1. The second-order valence-corrected chi connectivity index (χ2v) is 5.92. The van der Waals surface area contributed by atoms with Crippen molar-refractivity contribution in [1.29, 1.82) is 0 Å². The van der Waals surface area contributed by atoms with E-state index in [2.05, 4.69) is 11.9 Å². The van der Waals surface area contributed by atoms with Gasteiger partial charge in [-0.05, 0) is 49.8 Å². The number of hydrogen-bond acceptors (Lipinski definition) is 2. The molecule has 1 heterocycles. The van der Waals surface area contributed by atoms with Crippen LogP contribution in [-0.2, 0) is 0 Å². The Bertz CT molecular complexity index is 721. The molecule has 5 heteroatoms. The van der Waals surface area contributed by atoms with Gasteiger partial charge in [-0.15, -0.1) is 0 Å². The molecule has 0 radical (unpaired) electrons. The van der Waals surface area contributed by atoms with Crippen LogP contribution in [0.2, 0.25) is 0 Å². The number of H-pyrrole nitrogens is 1. The molecule has 1 saturated carbocycles. The number of benzene rings is 1. The number of carboxylic acids is 1. The predicted molar refractivity (Wildman–Crippen MR) is 80.8 cm³/mol.